The van der Waals surface area contributed by atoms with Crippen LogP contribution in [0.15, 0.2) is 60.7 Å². The molecule has 0 spiro atoms. The van der Waals surface area contributed by atoms with Crippen LogP contribution in [0.4, 0.5) is 4.79 Å². The van der Waals surface area contributed by atoms with Crippen LogP contribution in [0.2, 0.25) is 0 Å². The van der Waals surface area contributed by atoms with Crippen LogP contribution >= 0.6 is 0 Å². The first-order valence-corrected chi connectivity index (χ1v) is 20.8. The molecule has 1 N–H and O–H groups in total. The second kappa shape index (κ2) is 26.4. The monoisotopic (exact) mass is 795 g/mol. The maximum absolute atomic E-state index is 11.1. The van der Waals surface area contributed by atoms with Gasteiger partial charge in [0.05, 0.1) is 26.2 Å². The number of amides is 1. The molecule has 3 aliphatic heterocycles. The van der Waals surface area contributed by atoms with Crippen LogP contribution in [0.3, 0.4) is 0 Å². The Kier molecular flexibility index (Phi) is 22.9. The molecule has 0 aromatic heterocycles. The van der Waals surface area contributed by atoms with Crippen molar-refractivity contribution in [2.24, 2.45) is 22.7 Å². The highest BCUT2D eigenvalue weighted by Crippen LogP contribution is 2.34. The molecule has 3 fully saturated rings. The number of hydrogen-bond donors (Lipinski definition) is 1. The van der Waals surface area contributed by atoms with Crippen molar-refractivity contribution in [3.05, 3.63) is 71.8 Å². The normalized spacial score (nSPS) is 20.4. The van der Waals surface area contributed by atoms with Gasteiger partial charge < -0.3 is 34.1 Å². The summed E-state index contributed by atoms with van der Waals surface area (Å²) in [5.41, 5.74) is 2.89. The van der Waals surface area contributed by atoms with Crippen molar-refractivity contribution in [1.82, 2.24) is 20.0 Å². The van der Waals surface area contributed by atoms with E-state index in [1.165, 1.54) is 66.0 Å². The Balaban J connectivity index is 0.000000266. The summed E-state index contributed by atoms with van der Waals surface area (Å²) in [6.45, 7) is 29.3. The summed E-state index contributed by atoms with van der Waals surface area (Å²) in [6, 6.07) is 18.8. The molecule has 320 valence electrons. The van der Waals surface area contributed by atoms with Crippen LogP contribution in [0.5, 0.6) is 0 Å². The van der Waals surface area contributed by atoms with E-state index in [1.54, 1.807) is 0 Å². The highest BCUT2D eigenvalue weighted by Gasteiger charge is 2.33. The number of piperidine rings is 2. The molecule has 2 aromatic carbocycles. The van der Waals surface area contributed by atoms with Crippen LogP contribution in [-0.4, -0.2) is 117 Å². The number of nitrogens with one attached hydrogen (secondary N) is 1. The lowest BCUT2D eigenvalue weighted by Crippen LogP contribution is -2.48. The van der Waals surface area contributed by atoms with E-state index in [4.69, 9.17) is 14.2 Å². The van der Waals surface area contributed by atoms with E-state index < -0.39 is 6.09 Å². The molecule has 1 amide bonds. The molecule has 3 heterocycles. The molecule has 0 radical (unpaired) electrons. The number of carbonyl (C=O) groups excluding carboxylic acids is 4. The third kappa shape index (κ3) is 22.2. The zero-order valence-corrected chi connectivity index (χ0v) is 36.6. The summed E-state index contributed by atoms with van der Waals surface area (Å²) in [7, 11) is 2.22. The highest BCUT2D eigenvalue weighted by atomic mass is 16.5. The van der Waals surface area contributed by atoms with E-state index in [2.05, 4.69) is 68.6 Å². The first kappa shape index (κ1) is 49.5. The Labute approximate surface area is 344 Å². The molecule has 0 saturated carbocycles. The van der Waals surface area contributed by atoms with Crippen molar-refractivity contribution >= 4 is 23.6 Å². The highest BCUT2D eigenvalue weighted by molar-refractivity contribution is 5.82. The largest absolute Gasteiger partial charge is 0.461 e. The maximum atomic E-state index is 11.1. The fraction of sp³-hybridized carbons (Fsp3) is 0.652. The maximum Gasteiger partial charge on any atom is 0.407 e. The minimum atomic E-state index is -0.575. The summed E-state index contributed by atoms with van der Waals surface area (Å²) in [4.78, 5) is 51.0. The number of hydrogen-bond acceptors (Lipinski definition) is 10. The lowest BCUT2D eigenvalue weighted by atomic mass is 9.75. The molecule has 5 rings (SSSR count). The average molecular weight is 795 g/mol. The fourth-order valence-electron chi connectivity index (χ4n) is 6.67. The van der Waals surface area contributed by atoms with Crippen molar-refractivity contribution in [3.63, 3.8) is 0 Å². The average Bonchev–Trinajstić information content (AvgIpc) is 3.18. The van der Waals surface area contributed by atoms with Gasteiger partial charge in [-0.3, -0.25) is 14.5 Å². The molecule has 57 heavy (non-hydrogen) atoms. The molecule has 3 aliphatic rings. The van der Waals surface area contributed by atoms with Gasteiger partial charge >= 0.3 is 12.1 Å². The number of morpholine rings is 1. The summed E-state index contributed by atoms with van der Waals surface area (Å²) < 4.78 is 15.2. The zero-order chi connectivity index (χ0) is 42.3. The lowest BCUT2D eigenvalue weighted by Gasteiger charge is -2.43. The second-order valence-electron chi connectivity index (χ2n) is 17.3. The van der Waals surface area contributed by atoms with Gasteiger partial charge in [-0.15, -0.1) is 0 Å². The van der Waals surface area contributed by atoms with Gasteiger partial charge in [0.2, 0.25) is 0 Å². The van der Waals surface area contributed by atoms with Crippen LogP contribution in [-0.2, 0) is 41.8 Å². The number of esters is 1. The van der Waals surface area contributed by atoms with Crippen molar-refractivity contribution < 1.29 is 33.4 Å². The predicted molar refractivity (Wildman–Crippen MR) is 228 cm³/mol. The Morgan fingerprint density at radius 3 is 1.68 bits per heavy atom. The predicted octanol–water partition coefficient (Wildman–Crippen LogP) is 7.27. The van der Waals surface area contributed by atoms with Gasteiger partial charge in [0.15, 0.2) is 0 Å². The van der Waals surface area contributed by atoms with Gasteiger partial charge in [-0.25, -0.2) is 4.79 Å². The molecular weight excluding hydrogens is 721 g/mol. The van der Waals surface area contributed by atoms with E-state index in [0.29, 0.717) is 10.8 Å². The minimum Gasteiger partial charge on any atom is -0.461 e. The van der Waals surface area contributed by atoms with Gasteiger partial charge in [0.1, 0.15) is 24.8 Å². The number of alkyl carbamates (subject to hydrolysis) is 1. The van der Waals surface area contributed by atoms with E-state index in [9.17, 15) is 19.2 Å². The molecule has 2 unspecified atom stereocenters. The third-order valence-corrected chi connectivity index (χ3v) is 11.3. The quantitative estimate of drug-likeness (QED) is 0.220. The van der Waals surface area contributed by atoms with E-state index in [1.807, 2.05) is 60.7 Å². The Bertz CT molecular complexity index is 1380. The van der Waals surface area contributed by atoms with Crippen LogP contribution in [0.25, 0.3) is 0 Å². The van der Waals surface area contributed by atoms with E-state index in [0.717, 1.165) is 49.3 Å². The Morgan fingerprint density at radius 1 is 0.684 bits per heavy atom. The van der Waals surface area contributed by atoms with Gasteiger partial charge in [0.25, 0.3) is 0 Å². The number of Topliss-reactive ketones (excluding diaryl/α,β-unsaturated/α-hetero) is 2. The number of carbonyl (C=O) groups is 4. The van der Waals surface area contributed by atoms with Crippen molar-refractivity contribution in [3.8, 4) is 0 Å². The van der Waals surface area contributed by atoms with Crippen LogP contribution in [0, 0.1) is 22.7 Å². The molecule has 2 aromatic rings. The first-order valence-electron chi connectivity index (χ1n) is 20.8. The van der Waals surface area contributed by atoms with Gasteiger partial charge in [-0.2, -0.15) is 0 Å². The first-order chi connectivity index (χ1) is 27.0. The summed E-state index contributed by atoms with van der Waals surface area (Å²) in [5, 5.41) is 2.34. The fourth-order valence-corrected chi connectivity index (χ4v) is 6.67. The van der Waals surface area contributed by atoms with Crippen molar-refractivity contribution in [1.29, 1.82) is 0 Å². The Morgan fingerprint density at radius 2 is 1.19 bits per heavy atom. The Hall–Kier alpha value is -3.64. The minimum absolute atomic E-state index is 0.00617. The number of benzene rings is 2. The van der Waals surface area contributed by atoms with Gasteiger partial charge in [0, 0.05) is 45.7 Å². The van der Waals surface area contributed by atoms with Gasteiger partial charge in [-0.05, 0) is 80.6 Å². The standard InChI is InChI=1S/C14H28N2O.C12H14O3.C11H13NO3.C9H19N/c1-13-4-5-16(12-14(13,2)3)7-6-15-8-10-17-11-9-15;1-10(13)7-8-12(14)15-9-11-5-3-2-4-6-11;1-9(13)7-12-11(14)15-8-10-5-3-2-4-6-10;1-8-5-6-10(4)7-9(8,2)3/h13H,4-12H2,1-3H3;2-6H,7-9H2,1H3;2-6H,7-8H2,1H3,(H,12,14);8H,5-7H2,1-4H3. The van der Waals surface area contributed by atoms with Crippen LogP contribution in [0.1, 0.15) is 92.2 Å². The second-order valence-corrected chi connectivity index (χ2v) is 17.3. The molecule has 11 heteroatoms. The molecule has 11 nitrogen and oxygen atoms in total. The molecular formula is C46H74N4O7. The number of ether oxygens (including phenoxy) is 3. The van der Waals surface area contributed by atoms with Crippen molar-refractivity contribution in [2.75, 3.05) is 79.2 Å². The summed E-state index contributed by atoms with van der Waals surface area (Å²) in [5.74, 6) is 1.33. The number of rotatable bonds is 12. The number of ketones is 2. The van der Waals surface area contributed by atoms with E-state index >= 15 is 0 Å². The summed E-state index contributed by atoms with van der Waals surface area (Å²) >= 11 is 0. The van der Waals surface area contributed by atoms with E-state index in [-0.39, 0.29) is 50.1 Å². The number of nitrogens with zero attached hydrogens (tertiary/aromatic N) is 3. The van der Waals surface area contributed by atoms with Gasteiger partial charge in [-0.1, -0.05) is 102 Å². The van der Waals surface area contributed by atoms with Crippen LogP contribution < -0.4 is 5.32 Å². The molecule has 2 atom stereocenters. The number of likely N-dealkylation sites (tertiary alicyclic amines) is 2. The lowest BCUT2D eigenvalue weighted by molar-refractivity contribution is -0.146. The zero-order valence-electron chi connectivity index (χ0n) is 36.6. The topological polar surface area (TPSA) is 118 Å². The molecule has 0 aliphatic carbocycles. The molecule has 0 bridgehead atoms. The smallest absolute Gasteiger partial charge is 0.407 e. The third-order valence-electron chi connectivity index (χ3n) is 11.3. The SMILES string of the molecule is CC(=O)CCC(=O)OCc1ccccc1.CC(=O)CNC(=O)OCc1ccccc1.CC1CCN(C)CC1(C)C.CC1CCN(CCN2CCOCC2)CC1(C)C. The molecule has 3 saturated heterocycles. The summed E-state index contributed by atoms with van der Waals surface area (Å²) in [6.07, 6.45) is 2.57. The van der Waals surface area contributed by atoms with Crippen molar-refractivity contribution in [2.45, 2.75) is 94.3 Å².